The van der Waals surface area contributed by atoms with E-state index in [0.29, 0.717) is 6.42 Å². The molecular weight excluding hydrogens is 209 g/mol. The van der Waals surface area contributed by atoms with E-state index in [1.54, 1.807) is 13.0 Å². The lowest BCUT2D eigenvalue weighted by Gasteiger charge is -2.14. The molecule has 0 saturated heterocycles. The predicted octanol–water partition coefficient (Wildman–Crippen LogP) is 1.63. The Labute approximate surface area is 94.3 Å². The number of carbonyl (C=O) groups excluding carboxylic acids is 1. The number of amides is 1. The van der Waals surface area contributed by atoms with Crippen LogP contribution in [0.1, 0.15) is 29.3 Å². The van der Waals surface area contributed by atoms with Crippen LogP contribution >= 0.6 is 0 Å². The van der Waals surface area contributed by atoms with Gasteiger partial charge in [-0.1, -0.05) is 18.6 Å². The van der Waals surface area contributed by atoms with Crippen molar-refractivity contribution in [2.24, 2.45) is 0 Å². The Morgan fingerprint density at radius 1 is 1.56 bits per heavy atom. The van der Waals surface area contributed by atoms with E-state index in [9.17, 15) is 9.18 Å². The third kappa shape index (κ3) is 3.03. The third-order valence-electron chi connectivity index (χ3n) is 2.41. The Hall–Kier alpha value is -1.42. The zero-order chi connectivity index (χ0) is 12.1. The minimum atomic E-state index is -0.545. The van der Waals surface area contributed by atoms with Crippen molar-refractivity contribution in [3.8, 4) is 0 Å². The van der Waals surface area contributed by atoms with Crippen LogP contribution in [0, 0.1) is 12.7 Å². The van der Waals surface area contributed by atoms with E-state index in [2.05, 4.69) is 5.32 Å². The second kappa shape index (κ2) is 5.61. The van der Waals surface area contributed by atoms with Gasteiger partial charge in [0.15, 0.2) is 0 Å². The fourth-order valence-corrected chi connectivity index (χ4v) is 1.35. The minimum absolute atomic E-state index is 0.0203. The van der Waals surface area contributed by atoms with Crippen LogP contribution in [-0.4, -0.2) is 23.7 Å². The molecule has 0 aliphatic rings. The smallest absolute Gasteiger partial charge is 0.254 e. The van der Waals surface area contributed by atoms with Gasteiger partial charge in [-0.3, -0.25) is 4.79 Å². The number of aryl methyl sites for hydroxylation is 1. The first-order chi connectivity index (χ1) is 7.58. The molecule has 0 aromatic heterocycles. The van der Waals surface area contributed by atoms with E-state index in [4.69, 9.17) is 5.11 Å². The summed E-state index contributed by atoms with van der Waals surface area (Å²) in [6, 6.07) is 4.04. The second-order valence-corrected chi connectivity index (χ2v) is 3.74. The monoisotopic (exact) mass is 225 g/mol. The molecule has 2 N–H and O–H groups in total. The Kier molecular flexibility index (Phi) is 4.43. The average molecular weight is 225 g/mol. The van der Waals surface area contributed by atoms with E-state index in [0.717, 1.165) is 5.56 Å². The molecule has 0 aliphatic carbocycles. The van der Waals surface area contributed by atoms with Crippen LogP contribution in [0.3, 0.4) is 0 Å². The topological polar surface area (TPSA) is 49.3 Å². The molecule has 16 heavy (non-hydrogen) atoms. The van der Waals surface area contributed by atoms with Gasteiger partial charge in [-0.2, -0.15) is 0 Å². The first-order valence-corrected chi connectivity index (χ1v) is 5.26. The van der Waals surface area contributed by atoms with Gasteiger partial charge in [0.2, 0.25) is 0 Å². The molecule has 1 aromatic rings. The molecule has 0 spiro atoms. The molecule has 0 bridgehead atoms. The number of hydrogen-bond acceptors (Lipinski definition) is 2. The largest absolute Gasteiger partial charge is 0.394 e. The summed E-state index contributed by atoms with van der Waals surface area (Å²) in [5, 5.41) is 11.5. The van der Waals surface area contributed by atoms with Crippen LogP contribution in [0.25, 0.3) is 0 Å². The lowest BCUT2D eigenvalue weighted by Crippen LogP contribution is -2.37. The molecule has 0 heterocycles. The van der Waals surface area contributed by atoms with Gasteiger partial charge < -0.3 is 10.4 Å². The molecule has 0 saturated carbocycles. The van der Waals surface area contributed by atoms with Crippen molar-refractivity contribution in [3.05, 3.63) is 35.1 Å². The molecule has 1 unspecified atom stereocenters. The van der Waals surface area contributed by atoms with Crippen molar-refractivity contribution < 1.29 is 14.3 Å². The molecule has 88 valence electrons. The van der Waals surface area contributed by atoms with Gasteiger partial charge in [0, 0.05) is 0 Å². The molecule has 0 fully saturated rings. The maximum atomic E-state index is 13.4. The quantitative estimate of drug-likeness (QED) is 0.818. The van der Waals surface area contributed by atoms with Crippen LogP contribution < -0.4 is 5.32 Å². The molecule has 1 atom stereocenters. The van der Waals surface area contributed by atoms with Crippen LogP contribution in [0.4, 0.5) is 4.39 Å². The fourth-order valence-electron chi connectivity index (χ4n) is 1.35. The predicted molar refractivity (Wildman–Crippen MR) is 59.8 cm³/mol. The lowest BCUT2D eigenvalue weighted by atomic mass is 10.1. The maximum Gasteiger partial charge on any atom is 0.254 e. The normalized spacial score (nSPS) is 12.2. The molecule has 3 nitrogen and oxygen atoms in total. The second-order valence-electron chi connectivity index (χ2n) is 3.74. The first kappa shape index (κ1) is 12.6. The average Bonchev–Trinajstić information content (AvgIpc) is 2.28. The van der Waals surface area contributed by atoms with Gasteiger partial charge in [0.05, 0.1) is 18.2 Å². The van der Waals surface area contributed by atoms with Crippen LogP contribution in [-0.2, 0) is 0 Å². The number of benzene rings is 1. The summed E-state index contributed by atoms with van der Waals surface area (Å²) in [5.74, 6) is -1.03. The fraction of sp³-hybridized carbons (Fsp3) is 0.417. The SMILES string of the molecule is CCC(CO)NC(=O)c1cc(C)ccc1F. The highest BCUT2D eigenvalue weighted by Crippen LogP contribution is 2.10. The van der Waals surface area contributed by atoms with E-state index in [1.165, 1.54) is 12.1 Å². The summed E-state index contributed by atoms with van der Waals surface area (Å²) in [6.07, 6.45) is 0.607. The van der Waals surface area contributed by atoms with Gasteiger partial charge >= 0.3 is 0 Å². The van der Waals surface area contributed by atoms with Gasteiger partial charge in [-0.15, -0.1) is 0 Å². The van der Waals surface area contributed by atoms with Crippen molar-refractivity contribution >= 4 is 5.91 Å². The molecule has 1 aromatic carbocycles. The number of aliphatic hydroxyl groups is 1. The Morgan fingerprint density at radius 2 is 2.25 bits per heavy atom. The van der Waals surface area contributed by atoms with Gasteiger partial charge in [0.25, 0.3) is 5.91 Å². The highest BCUT2D eigenvalue weighted by molar-refractivity contribution is 5.94. The number of carbonyl (C=O) groups is 1. The summed E-state index contributed by atoms with van der Waals surface area (Å²) in [5.41, 5.74) is 0.843. The van der Waals surface area contributed by atoms with Crippen molar-refractivity contribution in [1.82, 2.24) is 5.32 Å². The highest BCUT2D eigenvalue weighted by atomic mass is 19.1. The molecule has 4 heteroatoms. The highest BCUT2D eigenvalue weighted by Gasteiger charge is 2.14. The first-order valence-electron chi connectivity index (χ1n) is 5.26. The molecule has 1 rings (SSSR count). The van der Waals surface area contributed by atoms with E-state index < -0.39 is 11.7 Å². The van der Waals surface area contributed by atoms with Crippen molar-refractivity contribution in [2.45, 2.75) is 26.3 Å². The Balaban J connectivity index is 2.83. The Morgan fingerprint density at radius 3 is 2.81 bits per heavy atom. The summed E-state index contributed by atoms with van der Waals surface area (Å²) >= 11 is 0. The molecular formula is C12H16FNO2. The molecule has 0 aliphatic heterocycles. The van der Waals surface area contributed by atoms with E-state index in [-0.39, 0.29) is 18.2 Å². The molecule has 1 amide bonds. The van der Waals surface area contributed by atoms with Gasteiger partial charge in [-0.05, 0) is 25.5 Å². The summed E-state index contributed by atoms with van der Waals surface area (Å²) < 4.78 is 13.4. The number of hydrogen-bond donors (Lipinski definition) is 2. The zero-order valence-electron chi connectivity index (χ0n) is 9.46. The minimum Gasteiger partial charge on any atom is -0.394 e. The molecule has 0 radical (unpaired) electrons. The van der Waals surface area contributed by atoms with Crippen molar-refractivity contribution in [1.29, 1.82) is 0 Å². The number of halogens is 1. The summed E-state index contributed by atoms with van der Waals surface area (Å²) in [7, 11) is 0. The number of nitrogens with one attached hydrogen (secondary N) is 1. The standard InChI is InChI=1S/C12H16FNO2/c1-3-9(7-15)14-12(16)10-6-8(2)4-5-11(10)13/h4-6,9,15H,3,7H2,1-2H3,(H,14,16). The van der Waals surface area contributed by atoms with Crippen LogP contribution in [0.15, 0.2) is 18.2 Å². The summed E-state index contributed by atoms with van der Waals surface area (Å²) in [4.78, 5) is 11.7. The zero-order valence-corrected chi connectivity index (χ0v) is 9.46. The lowest BCUT2D eigenvalue weighted by molar-refractivity contribution is 0.0910. The number of rotatable bonds is 4. The van der Waals surface area contributed by atoms with Gasteiger partial charge in [-0.25, -0.2) is 4.39 Å². The van der Waals surface area contributed by atoms with Crippen molar-refractivity contribution in [3.63, 3.8) is 0 Å². The van der Waals surface area contributed by atoms with E-state index in [1.807, 2.05) is 6.92 Å². The number of aliphatic hydroxyl groups excluding tert-OH is 1. The van der Waals surface area contributed by atoms with Crippen molar-refractivity contribution in [2.75, 3.05) is 6.61 Å². The van der Waals surface area contributed by atoms with Crippen LogP contribution in [0.5, 0.6) is 0 Å². The van der Waals surface area contributed by atoms with Gasteiger partial charge in [0.1, 0.15) is 5.82 Å². The maximum absolute atomic E-state index is 13.4. The van der Waals surface area contributed by atoms with E-state index >= 15 is 0 Å². The Bertz CT molecular complexity index is 375. The summed E-state index contributed by atoms with van der Waals surface area (Å²) in [6.45, 7) is 3.49. The third-order valence-corrected chi connectivity index (χ3v) is 2.41. The van der Waals surface area contributed by atoms with Crippen LogP contribution in [0.2, 0.25) is 0 Å².